The molecule has 0 saturated carbocycles. The van der Waals surface area contributed by atoms with Gasteiger partial charge in [-0.3, -0.25) is 4.79 Å². The number of amides is 1. The van der Waals surface area contributed by atoms with Gasteiger partial charge in [0, 0.05) is 39.0 Å². The fourth-order valence-corrected chi connectivity index (χ4v) is 5.54. The second kappa shape index (κ2) is 9.56. The molecule has 5 heteroatoms. The van der Waals surface area contributed by atoms with Gasteiger partial charge in [-0.2, -0.15) is 0 Å². The second-order valence-corrected chi connectivity index (χ2v) is 10.0. The second-order valence-electron chi connectivity index (χ2n) is 10.0. The molecule has 168 valence electrons. The van der Waals surface area contributed by atoms with Gasteiger partial charge in [0.25, 0.3) is 0 Å². The molecule has 2 N–H and O–H groups in total. The Kier molecular flexibility index (Phi) is 6.80. The number of aromatic nitrogens is 2. The fraction of sp³-hybridized carbons (Fsp3) is 0.615. The zero-order valence-electron chi connectivity index (χ0n) is 19.5. The highest BCUT2D eigenvalue weighted by molar-refractivity contribution is 5.74. The number of hydrogen-bond acceptors (Lipinski definition) is 3. The molecule has 1 aliphatic heterocycles. The molecule has 5 nitrogen and oxygen atoms in total. The average Bonchev–Trinajstić information content (AvgIpc) is 3.16. The van der Waals surface area contributed by atoms with Gasteiger partial charge >= 0.3 is 0 Å². The highest BCUT2D eigenvalue weighted by Gasteiger charge is 2.32. The Bertz CT molecular complexity index is 889. The lowest BCUT2D eigenvalue weighted by atomic mass is 9.69. The summed E-state index contributed by atoms with van der Waals surface area (Å²) in [5.74, 6) is 3.80. The number of likely N-dealkylation sites (tertiary alicyclic amines) is 1. The van der Waals surface area contributed by atoms with Crippen LogP contribution in [0.15, 0.2) is 35.9 Å². The Hall–Kier alpha value is -2.14. The summed E-state index contributed by atoms with van der Waals surface area (Å²) in [5.41, 5.74) is 3.71. The van der Waals surface area contributed by atoms with E-state index in [9.17, 15) is 4.79 Å². The number of imidazole rings is 1. The molecule has 1 aromatic heterocycles. The number of piperidine rings is 1. The van der Waals surface area contributed by atoms with Crippen LogP contribution in [-0.2, 0) is 11.2 Å². The van der Waals surface area contributed by atoms with Crippen LogP contribution in [0.1, 0.15) is 52.8 Å². The standard InChI is InChI=1S/C26H38N4O/c1-17(2)23-14-20(15-26-28-24-7-5-6-8-25(24)29-26)18(3)13-21(23)16-27-22-9-11-30(12-10-22)19(4)31/h5-8,13,17,20-23,27H,9-12,14-16H2,1-4H3,(H,28,29)/t20-,21-,23-/m0/s1. The molecule has 1 amide bonds. The van der Waals surface area contributed by atoms with Gasteiger partial charge in [0.05, 0.1) is 11.0 Å². The third-order valence-electron chi connectivity index (χ3n) is 7.54. The average molecular weight is 423 g/mol. The van der Waals surface area contributed by atoms with E-state index in [4.69, 9.17) is 4.98 Å². The lowest BCUT2D eigenvalue weighted by Gasteiger charge is -2.39. The van der Waals surface area contributed by atoms with E-state index in [-0.39, 0.29) is 5.91 Å². The molecule has 1 saturated heterocycles. The van der Waals surface area contributed by atoms with Crippen molar-refractivity contribution in [1.82, 2.24) is 20.2 Å². The van der Waals surface area contributed by atoms with Crippen molar-refractivity contribution >= 4 is 16.9 Å². The lowest BCUT2D eigenvalue weighted by Crippen LogP contribution is -2.46. The third kappa shape index (κ3) is 5.20. The SMILES string of the molecule is CC(=O)N1CCC(NC[C@@H]2C=C(C)[C@H](Cc3nc4ccccc4[nH]3)C[C@H]2C(C)C)CC1. The molecular weight excluding hydrogens is 384 g/mol. The number of nitrogens with zero attached hydrogens (tertiary/aromatic N) is 2. The summed E-state index contributed by atoms with van der Waals surface area (Å²) in [6, 6.07) is 8.83. The first-order valence-corrected chi connectivity index (χ1v) is 12.0. The van der Waals surface area contributed by atoms with E-state index >= 15 is 0 Å². The molecule has 4 rings (SSSR count). The number of allylic oxidation sites excluding steroid dienone is 1. The van der Waals surface area contributed by atoms with Crippen LogP contribution in [0.25, 0.3) is 11.0 Å². The number of rotatable bonds is 6. The number of H-pyrrole nitrogens is 1. The predicted octanol–water partition coefficient (Wildman–Crippen LogP) is 4.56. The van der Waals surface area contributed by atoms with Crippen LogP contribution in [0, 0.1) is 23.7 Å². The maximum absolute atomic E-state index is 11.6. The predicted molar refractivity (Wildman–Crippen MR) is 127 cm³/mol. The summed E-state index contributed by atoms with van der Waals surface area (Å²) >= 11 is 0. The van der Waals surface area contributed by atoms with Gasteiger partial charge in [0.2, 0.25) is 5.91 Å². The molecule has 0 unspecified atom stereocenters. The first-order chi connectivity index (χ1) is 14.9. The Balaban J connectivity index is 1.38. The smallest absolute Gasteiger partial charge is 0.219 e. The minimum absolute atomic E-state index is 0.208. The number of carbonyl (C=O) groups is 1. The van der Waals surface area contributed by atoms with Crippen LogP contribution >= 0.6 is 0 Å². The van der Waals surface area contributed by atoms with E-state index in [1.807, 2.05) is 4.90 Å². The maximum Gasteiger partial charge on any atom is 0.219 e. The molecule has 2 aliphatic rings. The molecular formula is C26H38N4O. The van der Waals surface area contributed by atoms with Crippen molar-refractivity contribution in [3.05, 3.63) is 41.7 Å². The number of nitrogens with one attached hydrogen (secondary N) is 2. The van der Waals surface area contributed by atoms with Crippen molar-refractivity contribution in [2.45, 2.75) is 59.4 Å². The van der Waals surface area contributed by atoms with E-state index < -0.39 is 0 Å². The molecule has 1 aromatic carbocycles. The minimum atomic E-state index is 0.208. The van der Waals surface area contributed by atoms with E-state index in [2.05, 4.69) is 61.4 Å². The Morgan fingerprint density at radius 2 is 2.00 bits per heavy atom. The Labute approximate surface area is 186 Å². The zero-order valence-corrected chi connectivity index (χ0v) is 19.5. The van der Waals surface area contributed by atoms with Gasteiger partial charge < -0.3 is 15.2 Å². The number of carbonyl (C=O) groups excluding carboxylic acids is 1. The summed E-state index contributed by atoms with van der Waals surface area (Å²) in [5, 5.41) is 3.84. The number of fused-ring (bicyclic) bond motifs is 1. The molecule has 2 heterocycles. The van der Waals surface area contributed by atoms with Crippen molar-refractivity contribution in [3.8, 4) is 0 Å². The fourth-order valence-electron chi connectivity index (χ4n) is 5.54. The monoisotopic (exact) mass is 422 g/mol. The minimum Gasteiger partial charge on any atom is -0.343 e. The lowest BCUT2D eigenvalue weighted by molar-refractivity contribution is -0.129. The molecule has 1 aliphatic carbocycles. The largest absolute Gasteiger partial charge is 0.343 e. The summed E-state index contributed by atoms with van der Waals surface area (Å²) < 4.78 is 0. The zero-order chi connectivity index (χ0) is 22.0. The van der Waals surface area contributed by atoms with Crippen LogP contribution < -0.4 is 5.32 Å². The van der Waals surface area contributed by atoms with Gasteiger partial charge in [-0.15, -0.1) is 0 Å². The van der Waals surface area contributed by atoms with Crippen molar-refractivity contribution in [2.24, 2.45) is 23.7 Å². The highest BCUT2D eigenvalue weighted by atomic mass is 16.2. The van der Waals surface area contributed by atoms with Crippen molar-refractivity contribution in [2.75, 3.05) is 19.6 Å². The molecule has 1 fully saturated rings. The van der Waals surface area contributed by atoms with Crippen molar-refractivity contribution in [1.29, 1.82) is 0 Å². The van der Waals surface area contributed by atoms with Crippen LogP contribution in [0.2, 0.25) is 0 Å². The highest BCUT2D eigenvalue weighted by Crippen LogP contribution is 2.38. The Morgan fingerprint density at radius 1 is 1.26 bits per heavy atom. The molecule has 3 atom stereocenters. The summed E-state index contributed by atoms with van der Waals surface area (Å²) in [6.07, 6.45) is 6.89. The number of hydrogen-bond donors (Lipinski definition) is 2. The first kappa shape index (κ1) is 22.1. The van der Waals surface area contributed by atoms with Gasteiger partial charge in [-0.1, -0.05) is 37.6 Å². The van der Waals surface area contributed by atoms with Gasteiger partial charge in [0.15, 0.2) is 0 Å². The summed E-state index contributed by atoms with van der Waals surface area (Å²) in [4.78, 5) is 21.9. The van der Waals surface area contributed by atoms with E-state index in [1.165, 1.54) is 12.0 Å². The molecule has 0 radical (unpaired) electrons. The van der Waals surface area contributed by atoms with Crippen LogP contribution in [0.5, 0.6) is 0 Å². The molecule has 0 bridgehead atoms. The number of aromatic amines is 1. The van der Waals surface area contributed by atoms with Gasteiger partial charge in [-0.05, 0) is 62.0 Å². The number of benzene rings is 1. The van der Waals surface area contributed by atoms with Crippen molar-refractivity contribution in [3.63, 3.8) is 0 Å². The molecule has 0 spiro atoms. The normalized spacial score (nSPS) is 25.3. The first-order valence-electron chi connectivity index (χ1n) is 12.0. The topological polar surface area (TPSA) is 61.0 Å². The third-order valence-corrected chi connectivity index (χ3v) is 7.54. The van der Waals surface area contributed by atoms with Crippen molar-refractivity contribution < 1.29 is 4.79 Å². The Morgan fingerprint density at radius 3 is 2.68 bits per heavy atom. The van der Waals surface area contributed by atoms with Gasteiger partial charge in [0.1, 0.15) is 5.82 Å². The van der Waals surface area contributed by atoms with Crippen LogP contribution in [-0.4, -0.2) is 46.5 Å². The van der Waals surface area contributed by atoms with E-state index in [0.29, 0.717) is 29.7 Å². The van der Waals surface area contributed by atoms with Crippen LogP contribution in [0.3, 0.4) is 0 Å². The molecule has 2 aromatic rings. The van der Waals surface area contributed by atoms with Crippen LogP contribution in [0.4, 0.5) is 0 Å². The van der Waals surface area contributed by atoms with Gasteiger partial charge in [-0.25, -0.2) is 4.98 Å². The summed E-state index contributed by atoms with van der Waals surface area (Å²) in [6.45, 7) is 11.5. The number of para-hydroxylation sites is 2. The van der Waals surface area contributed by atoms with E-state index in [1.54, 1.807) is 6.92 Å². The summed E-state index contributed by atoms with van der Waals surface area (Å²) in [7, 11) is 0. The maximum atomic E-state index is 11.6. The van der Waals surface area contributed by atoms with E-state index in [0.717, 1.165) is 55.8 Å². The molecule has 31 heavy (non-hydrogen) atoms. The quantitative estimate of drug-likeness (QED) is 0.671.